The molecule has 1 N–H and O–H groups in total. The SMILES string of the molecule is C=CCN(C)C(=O)[C@H]1[C@H]2C(=O)N([C@@H](CO)C(C)C)C(C(=O)N(CC=C)C(C)(C)CC(C)(C)C)C23CC[C@]1(CC)O3. The number of rotatable bonds is 12. The van der Waals surface area contributed by atoms with Gasteiger partial charge in [0.2, 0.25) is 17.7 Å². The van der Waals surface area contributed by atoms with E-state index >= 15 is 0 Å². The van der Waals surface area contributed by atoms with Crippen molar-refractivity contribution in [1.82, 2.24) is 14.7 Å². The third kappa shape index (κ3) is 5.15. The van der Waals surface area contributed by atoms with Crippen LogP contribution in [-0.2, 0) is 19.1 Å². The van der Waals surface area contributed by atoms with Gasteiger partial charge >= 0.3 is 0 Å². The van der Waals surface area contributed by atoms with Crippen molar-refractivity contribution in [2.75, 3.05) is 26.7 Å². The fraction of sp³-hybridized carbons (Fsp3) is 0.781. The van der Waals surface area contributed by atoms with E-state index < -0.39 is 40.7 Å². The topological polar surface area (TPSA) is 90.4 Å². The van der Waals surface area contributed by atoms with Crippen LogP contribution in [-0.4, -0.2) is 93.1 Å². The first kappa shape index (κ1) is 32.3. The van der Waals surface area contributed by atoms with Crippen LogP contribution < -0.4 is 0 Å². The van der Waals surface area contributed by atoms with E-state index in [9.17, 15) is 19.5 Å². The monoisotopic (exact) mass is 559 g/mol. The van der Waals surface area contributed by atoms with Crippen LogP contribution in [0.4, 0.5) is 0 Å². The third-order valence-corrected chi connectivity index (χ3v) is 9.48. The molecule has 1 spiro atoms. The second-order valence-electron chi connectivity index (χ2n) is 14.4. The summed E-state index contributed by atoms with van der Waals surface area (Å²) in [5.41, 5.74) is -2.55. The van der Waals surface area contributed by atoms with Gasteiger partial charge in [-0.15, -0.1) is 13.2 Å². The molecule has 0 radical (unpaired) electrons. The highest BCUT2D eigenvalue weighted by atomic mass is 16.5. The number of hydrogen-bond acceptors (Lipinski definition) is 5. The van der Waals surface area contributed by atoms with Crippen LogP contribution in [0.25, 0.3) is 0 Å². The number of aliphatic hydroxyl groups excluding tert-OH is 1. The van der Waals surface area contributed by atoms with Crippen LogP contribution in [0.5, 0.6) is 0 Å². The average molecular weight is 560 g/mol. The van der Waals surface area contributed by atoms with Crippen molar-refractivity contribution >= 4 is 17.7 Å². The van der Waals surface area contributed by atoms with E-state index in [0.29, 0.717) is 32.4 Å². The summed E-state index contributed by atoms with van der Waals surface area (Å²) in [4.78, 5) is 48.4. The fourth-order valence-corrected chi connectivity index (χ4v) is 8.11. The van der Waals surface area contributed by atoms with Gasteiger partial charge in [-0.1, -0.05) is 53.7 Å². The molecule has 3 amide bonds. The Labute approximate surface area is 241 Å². The molecule has 2 bridgehead atoms. The van der Waals surface area contributed by atoms with Gasteiger partial charge in [-0.2, -0.15) is 0 Å². The van der Waals surface area contributed by atoms with Gasteiger partial charge in [0.25, 0.3) is 0 Å². The maximum Gasteiger partial charge on any atom is 0.249 e. The molecule has 3 heterocycles. The largest absolute Gasteiger partial charge is 0.394 e. The molecule has 8 nitrogen and oxygen atoms in total. The Bertz CT molecular complexity index is 1020. The number of likely N-dealkylation sites (tertiary alicyclic amines) is 1. The first-order chi connectivity index (χ1) is 18.5. The summed E-state index contributed by atoms with van der Waals surface area (Å²) in [7, 11) is 1.72. The molecule has 0 aromatic rings. The summed E-state index contributed by atoms with van der Waals surface area (Å²) in [6.45, 7) is 24.5. The molecular weight excluding hydrogens is 506 g/mol. The smallest absolute Gasteiger partial charge is 0.249 e. The number of hydrogen-bond donors (Lipinski definition) is 1. The van der Waals surface area contributed by atoms with E-state index in [1.807, 2.05) is 25.7 Å². The lowest BCUT2D eigenvalue weighted by Crippen LogP contribution is -2.63. The summed E-state index contributed by atoms with van der Waals surface area (Å²) >= 11 is 0. The van der Waals surface area contributed by atoms with Crippen LogP contribution in [0.15, 0.2) is 25.3 Å². The predicted molar refractivity (Wildman–Crippen MR) is 157 cm³/mol. The number of nitrogens with zero attached hydrogens (tertiary/aromatic N) is 3. The van der Waals surface area contributed by atoms with Crippen LogP contribution in [0.1, 0.15) is 81.1 Å². The van der Waals surface area contributed by atoms with E-state index in [1.54, 1.807) is 29.0 Å². The maximum atomic E-state index is 14.9. The summed E-state index contributed by atoms with van der Waals surface area (Å²) in [5, 5.41) is 10.5. The minimum absolute atomic E-state index is 0.0530. The maximum absolute atomic E-state index is 14.9. The molecule has 3 fully saturated rings. The molecule has 3 rings (SSSR count). The molecule has 0 aliphatic carbocycles. The van der Waals surface area contributed by atoms with Crippen molar-refractivity contribution < 1.29 is 24.2 Å². The van der Waals surface area contributed by atoms with E-state index in [0.717, 1.165) is 6.42 Å². The molecule has 2 unspecified atom stereocenters. The Morgan fingerprint density at radius 1 is 1.12 bits per heavy atom. The molecule has 0 aromatic carbocycles. The Balaban J connectivity index is 2.23. The molecule has 3 aliphatic heterocycles. The lowest BCUT2D eigenvalue weighted by Gasteiger charge is -2.47. The summed E-state index contributed by atoms with van der Waals surface area (Å²) in [5.74, 6) is -2.23. The van der Waals surface area contributed by atoms with Gasteiger partial charge in [-0.3, -0.25) is 14.4 Å². The van der Waals surface area contributed by atoms with Gasteiger partial charge in [0, 0.05) is 25.7 Å². The van der Waals surface area contributed by atoms with Crippen LogP contribution in [0.3, 0.4) is 0 Å². The van der Waals surface area contributed by atoms with Crippen molar-refractivity contribution in [2.45, 2.75) is 110 Å². The molecule has 0 aromatic heterocycles. The Hall–Kier alpha value is -2.19. The van der Waals surface area contributed by atoms with Crippen molar-refractivity contribution in [3.63, 3.8) is 0 Å². The number of ether oxygens (including phenoxy) is 1. The molecule has 8 heteroatoms. The number of amides is 3. The highest BCUT2D eigenvalue weighted by Gasteiger charge is 2.79. The molecule has 3 saturated heterocycles. The fourth-order valence-electron chi connectivity index (χ4n) is 8.11. The van der Waals surface area contributed by atoms with Crippen molar-refractivity contribution in [3.8, 4) is 0 Å². The number of carbonyl (C=O) groups excluding carboxylic acids is 3. The Kier molecular flexibility index (Phi) is 9.08. The van der Waals surface area contributed by atoms with Crippen molar-refractivity contribution in [1.29, 1.82) is 0 Å². The zero-order valence-electron chi connectivity index (χ0n) is 26.3. The molecule has 3 aliphatic rings. The van der Waals surface area contributed by atoms with Gasteiger partial charge in [-0.05, 0) is 50.9 Å². The average Bonchev–Trinajstić information content (AvgIpc) is 3.44. The van der Waals surface area contributed by atoms with E-state index in [4.69, 9.17) is 4.74 Å². The Morgan fingerprint density at radius 2 is 1.73 bits per heavy atom. The van der Waals surface area contributed by atoms with Gasteiger partial charge in [0.05, 0.1) is 30.1 Å². The van der Waals surface area contributed by atoms with Gasteiger partial charge < -0.3 is 24.5 Å². The third-order valence-electron chi connectivity index (χ3n) is 9.48. The van der Waals surface area contributed by atoms with E-state index in [2.05, 4.69) is 47.8 Å². The summed E-state index contributed by atoms with van der Waals surface area (Å²) in [6.07, 6.45) is 5.80. The molecule has 226 valence electrons. The predicted octanol–water partition coefficient (Wildman–Crippen LogP) is 4.03. The highest BCUT2D eigenvalue weighted by Crippen LogP contribution is 2.65. The molecule has 0 saturated carbocycles. The second-order valence-corrected chi connectivity index (χ2v) is 14.4. The molecule has 40 heavy (non-hydrogen) atoms. The van der Waals surface area contributed by atoms with E-state index in [-0.39, 0.29) is 35.7 Å². The number of aliphatic hydroxyl groups is 1. The zero-order chi connectivity index (χ0) is 30.4. The lowest BCUT2D eigenvalue weighted by molar-refractivity contribution is -0.162. The highest BCUT2D eigenvalue weighted by molar-refractivity contribution is 5.99. The van der Waals surface area contributed by atoms with Gasteiger partial charge in [0.15, 0.2) is 0 Å². The minimum atomic E-state index is -1.14. The quantitative estimate of drug-likeness (QED) is 0.365. The standard InChI is InChI=1S/C32H53N3O5/c1-12-17-33(11)26(37)23-24-27(38)35(22(19-36)21(4)5)25(32(24)16-15-31(23,14-3)40-32)28(39)34(18-13-2)30(9,10)20-29(6,7)8/h12-13,21-25,36H,1-2,14-20H2,3-11H3/t22-,23+,24-,25?,31-,32?/m0/s1. The second kappa shape index (κ2) is 11.2. The molecule has 6 atom stereocenters. The van der Waals surface area contributed by atoms with Gasteiger partial charge in [-0.25, -0.2) is 0 Å². The van der Waals surface area contributed by atoms with E-state index in [1.165, 1.54) is 0 Å². The number of fused-ring (bicyclic) bond motifs is 1. The molecular formula is C32H53N3O5. The van der Waals surface area contributed by atoms with Crippen LogP contribution >= 0.6 is 0 Å². The van der Waals surface area contributed by atoms with Crippen LogP contribution in [0, 0.1) is 23.2 Å². The van der Waals surface area contributed by atoms with Crippen molar-refractivity contribution in [3.05, 3.63) is 25.3 Å². The summed E-state index contributed by atoms with van der Waals surface area (Å²) in [6, 6.07) is -1.53. The first-order valence-electron chi connectivity index (χ1n) is 14.9. The van der Waals surface area contributed by atoms with Crippen LogP contribution in [0.2, 0.25) is 0 Å². The minimum Gasteiger partial charge on any atom is -0.394 e. The first-order valence-corrected chi connectivity index (χ1v) is 14.9. The number of likely N-dealkylation sites (N-methyl/N-ethyl adjacent to an activating group) is 1. The normalized spacial score (nSPS) is 30.4. The zero-order valence-corrected chi connectivity index (χ0v) is 26.3. The van der Waals surface area contributed by atoms with Gasteiger partial charge in [0.1, 0.15) is 11.6 Å². The lowest BCUT2D eigenvalue weighted by atomic mass is 9.64. The van der Waals surface area contributed by atoms with Crippen molar-refractivity contribution in [2.24, 2.45) is 23.2 Å². The number of carbonyl (C=O) groups is 3. The summed E-state index contributed by atoms with van der Waals surface area (Å²) < 4.78 is 6.94. The Morgan fingerprint density at radius 3 is 2.20 bits per heavy atom.